The van der Waals surface area contributed by atoms with E-state index in [2.05, 4.69) is 59.4 Å². The molecule has 1 fully saturated rings. The van der Waals surface area contributed by atoms with E-state index in [0.717, 1.165) is 45.6 Å². The van der Waals surface area contributed by atoms with Crippen molar-refractivity contribution in [1.82, 2.24) is 10.3 Å². The average Bonchev–Trinajstić information content (AvgIpc) is 3.52. The number of amides is 1. The second kappa shape index (κ2) is 11.4. The van der Waals surface area contributed by atoms with Crippen molar-refractivity contribution in [2.75, 3.05) is 18.0 Å². The van der Waals surface area contributed by atoms with Gasteiger partial charge in [-0.25, -0.2) is 0 Å². The molecule has 3 heterocycles. The number of benzene rings is 2. The van der Waals surface area contributed by atoms with E-state index < -0.39 is 5.97 Å². The van der Waals surface area contributed by atoms with Gasteiger partial charge in [0.2, 0.25) is 5.91 Å². The summed E-state index contributed by atoms with van der Waals surface area (Å²) < 4.78 is 0. The summed E-state index contributed by atoms with van der Waals surface area (Å²) in [5.41, 5.74) is 6.41. The Morgan fingerprint density at radius 2 is 1.87 bits per heavy atom. The van der Waals surface area contributed by atoms with Crippen LogP contribution in [0.15, 0.2) is 54.7 Å². The molecule has 0 aliphatic carbocycles. The highest BCUT2D eigenvalue weighted by Gasteiger charge is 2.25. The maximum atomic E-state index is 13.5. The van der Waals surface area contributed by atoms with Gasteiger partial charge in [0.25, 0.3) is 0 Å². The molecule has 0 spiro atoms. The normalized spacial score (nSPS) is 14.5. The summed E-state index contributed by atoms with van der Waals surface area (Å²) >= 11 is 1.73. The molecule has 3 N–H and O–H groups in total. The minimum Gasteiger partial charge on any atom is -0.481 e. The zero-order valence-corrected chi connectivity index (χ0v) is 22.9. The molecule has 1 amide bonds. The fraction of sp³-hybridized carbons (Fsp3) is 0.355. The van der Waals surface area contributed by atoms with Crippen molar-refractivity contribution in [2.24, 2.45) is 0 Å². The number of hydrogen-bond acceptors (Lipinski definition) is 4. The third-order valence-electron chi connectivity index (χ3n) is 7.35. The zero-order valence-electron chi connectivity index (χ0n) is 22.0. The minimum atomic E-state index is -0.815. The van der Waals surface area contributed by atoms with E-state index in [-0.39, 0.29) is 24.8 Å². The Bertz CT molecular complexity index is 1450. The lowest BCUT2D eigenvalue weighted by molar-refractivity contribution is -0.137. The Balaban J connectivity index is 1.42. The molecule has 7 heteroatoms. The molecule has 0 bridgehead atoms. The van der Waals surface area contributed by atoms with Crippen molar-refractivity contribution in [2.45, 2.75) is 58.4 Å². The number of piperidine rings is 1. The standard InChI is InChI=1S/C31H35N3O3S/c1-20-6-10-24(27(16-20)34-14-4-3-5-15-34)31(28-12-7-21(2)38-28)33-29(35)18-22-8-11-26-25(17-22)23(19-32-26)9-13-30(36)37/h6-8,10-12,16-17,19,31-32H,3-5,9,13-15,18H2,1-2H3,(H,33,35)(H,36,37). The molecule has 2 aromatic heterocycles. The minimum absolute atomic E-state index is 0.0341. The molecule has 1 atom stereocenters. The Kier molecular flexibility index (Phi) is 7.84. The molecule has 1 aliphatic heterocycles. The second-order valence-electron chi connectivity index (χ2n) is 10.3. The van der Waals surface area contributed by atoms with Crippen molar-refractivity contribution >= 4 is 39.8 Å². The van der Waals surface area contributed by atoms with Crippen LogP contribution in [0.5, 0.6) is 0 Å². The van der Waals surface area contributed by atoms with Crippen LogP contribution in [-0.2, 0) is 22.4 Å². The van der Waals surface area contributed by atoms with Crippen LogP contribution < -0.4 is 10.2 Å². The Labute approximate surface area is 227 Å². The number of carboxylic acids is 1. The maximum Gasteiger partial charge on any atom is 0.303 e. The first-order chi connectivity index (χ1) is 18.4. The molecule has 198 valence electrons. The number of nitrogens with zero attached hydrogens (tertiary/aromatic N) is 1. The second-order valence-corrected chi connectivity index (χ2v) is 11.6. The highest BCUT2D eigenvalue weighted by Crippen LogP contribution is 2.36. The lowest BCUT2D eigenvalue weighted by Gasteiger charge is -2.33. The number of aryl methyl sites for hydroxylation is 3. The molecule has 1 unspecified atom stereocenters. The van der Waals surface area contributed by atoms with Crippen molar-refractivity contribution in [1.29, 1.82) is 0 Å². The highest BCUT2D eigenvalue weighted by atomic mass is 32.1. The van der Waals surface area contributed by atoms with Crippen LogP contribution in [-0.4, -0.2) is 35.1 Å². The number of thiophene rings is 1. The molecule has 4 aromatic rings. The van der Waals surface area contributed by atoms with E-state index in [1.54, 1.807) is 11.3 Å². The third kappa shape index (κ3) is 5.94. The predicted molar refractivity (Wildman–Crippen MR) is 154 cm³/mol. The lowest BCUT2D eigenvalue weighted by atomic mass is 9.98. The van der Waals surface area contributed by atoms with Crippen LogP contribution in [0.1, 0.15) is 63.7 Å². The Morgan fingerprint density at radius 3 is 2.61 bits per heavy atom. The number of carbonyl (C=O) groups is 2. The fourth-order valence-corrected chi connectivity index (χ4v) is 6.35. The average molecular weight is 530 g/mol. The molecule has 1 aliphatic rings. The van der Waals surface area contributed by atoms with E-state index in [0.29, 0.717) is 6.42 Å². The van der Waals surface area contributed by atoms with Gasteiger partial charge in [-0.2, -0.15) is 0 Å². The largest absolute Gasteiger partial charge is 0.481 e. The first kappa shape index (κ1) is 26.0. The summed E-state index contributed by atoms with van der Waals surface area (Å²) in [4.78, 5) is 32.6. The molecule has 6 nitrogen and oxygen atoms in total. The van der Waals surface area contributed by atoms with Gasteiger partial charge >= 0.3 is 5.97 Å². The number of aromatic nitrogens is 1. The van der Waals surface area contributed by atoms with Crippen LogP contribution in [0.4, 0.5) is 5.69 Å². The van der Waals surface area contributed by atoms with Crippen molar-refractivity contribution in [3.05, 3.63) is 86.7 Å². The number of H-pyrrole nitrogens is 1. The quantitative estimate of drug-likeness (QED) is 0.237. The smallest absolute Gasteiger partial charge is 0.303 e. The van der Waals surface area contributed by atoms with Gasteiger partial charge in [0, 0.05) is 57.6 Å². The number of fused-ring (bicyclic) bond motifs is 1. The molecule has 38 heavy (non-hydrogen) atoms. The molecular formula is C31H35N3O3S. The Hall–Kier alpha value is -3.58. The molecular weight excluding hydrogens is 494 g/mol. The van der Waals surface area contributed by atoms with Gasteiger partial charge in [-0.15, -0.1) is 11.3 Å². The number of nitrogens with one attached hydrogen (secondary N) is 2. The van der Waals surface area contributed by atoms with E-state index in [9.17, 15) is 9.59 Å². The molecule has 0 saturated carbocycles. The monoisotopic (exact) mass is 529 g/mol. The number of rotatable bonds is 9. The topological polar surface area (TPSA) is 85.4 Å². The van der Waals surface area contributed by atoms with Gasteiger partial charge in [-0.3, -0.25) is 9.59 Å². The molecule has 5 rings (SSSR count). The molecule has 1 saturated heterocycles. The van der Waals surface area contributed by atoms with Gasteiger partial charge in [-0.1, -0.05) is 18.2 Å². The summed E-state index contributed by atoms with van der Waals surface area (Å²) in [6.07, 6.45) is 6.31. The van der Waals surface area contributed by atoms with Crippen LogP contribution in [0.25, 0.3) is 10.9 Å². The third-order valence-corrected chi connectivity index (χ3v) is 8.41. The van der Waals surface area contributed by atoms with Gasteiger partial charge in [0.1, 0.15) is 0 Å². The van der Waals surface area contributed by atoms with E-state index in [1.165, 1.54) is 35.4 Å². The van der Waals surface area contributed by atoms with Crippen LogP contribution in [0, 0.1) is 13.8 Å². The van der Waals surface area contributed by atoms with Gasteiger partial charge in [-0.05, 0) is 86.6 Å². The first-order valence-corrected chi connectivity index (χ1v) is 14.2. The van der Waals surface area contributed by atoms with Crippen molar-refractivity contribution < 1.29 is 14.7 Å². The first-order valence-electron chi connectivity index (χ1n) is 13.4. The maximum absolute atomic E-state index is 13.5. The van der Waals surface area contributed by atoms with Gasteiger partial charge in [0.05, 0.1) is 12.5 Å². The summed E-state index contributed by atoms with van der Waals surface area (Å²) in [5, 5.41) is 13.4. The predicted octanol–water partition coefficient (Wildman–Crippen LogP) is 6.30. The summed E-state index contributed by atoms with van der Waals surface area (Å²) in [7, 11) is 0. The number of carbonyl (C=O) groups excluding carboxylic acids is 1. The highest BCUT2D eigenvalue weighted by molar-refractivity contribution is 7.12. The zero-order chi connectivity index (χ0) is 26.6. The van der Waals surface area contributed by atoms with E-state index >= 15 is 0 Å². The SMILES string of the molecule is Cc1ccc(C(NC(=O)Cc2ccc3[nH]cc(CCC(=O)O)c3c2)c2ccc(C)s2)c(N2CCCCC2)c1. The van der Waals surface area contributed by atoms with Gasteiger partial charge in [0.15, 0.2) is 0 Å². The molecule has 2 aromatic carbocycles. The number of carboxylic acid groups (broad SMARTS) is 1. The number of aliphatic carboxylic acids is 1. The molecule has 0 radical (unpaired) electrons. The van der Waals surface area contributed by atoms with Crippen molar-refractivity contribution in [3.8, 4) is 0 Å². The number of hydrogen-bond donors (Lipinski definition) is 3. The van der Waals surface area contributed by atoms with Gasteiger partial charge < -0.3 is 20.3 Å². The lowest BCUT2D eigenvalue weighted by Crippen LogP contribution is -2.34. The van der Waals surface area contributed by atoms with Crippen molar-refractivity contribution in [3.63, 3.8) is 0 Å². The summed E-state index contributed by atoms with van der Waals surface area (Å²) in [5.74, 6) is -0.849. The van der Waals surface area contributed by atoms with E-state index in [4.69, 9.17) is 5.11 Å². The Morgan fingerprint density at radius 1 is 1.05 bits per heavy atom. The number of aromatic amines is 1. The summed E-state index contributed by atoms with van der Waals surface area (Å²) in [6, 6.07) is 16.6. The number of anilines is 1. The fourth-order valence-electron chi connectivity index (χ4n) is 5.40. The van der Waals surface area contributed by atoms with Crippen LogP contribution >= 0.6 is 11.3 Å². The van der Waals surface area contributed by atoms with Crippen LogP contribution in [0.3, 0.4) is 0 Å². The summed E-state index contributed by atoms with van der Waals surface area (Å²) in [6.45, 7) is 6.31. The van der Waals surface area contributed by atoms with E-state index in [1.807, 2.05) is 24.4 Å². The van der Waals surface area contributed by atoms with Crippen LogP contribution in [0.2, 0.25) is 0 Å².